The lowest BCUT2D eigenvalue weighted by Gasteiger charge is -2.28. The minimum absolute atomic E-state index is 0.124. The van der Waals surface area contributed by atoms with Gasteiger partial charge < -0.3 is 9.47 Å². The molecule has 0 aromatic heterocycles. The summed E-state index contributed by atoms with van der Waals surface area (Å²) >= 11 is 0. The summed E-state index contributed by atoms with van der Waals surface area (Å²) in [5.74, 6) is 0.490. The number of hydrogen-bond donors (Lipinski definition) is 0. The van der Waals surface area contributed by atoms with E-state index in [9.17, 15) is 9.59 Å². The predicted molar refractivity (Wildman–Crippen MR) is 83.6 cm³/mol. The zero-order chi connectivity index (χ0) is 16.2. The van der Waals surface area contributed by atoms with Gasteiger partial charge >= 0.3 is 11.9 Å². The molecule has 4 nitrogen and oxygen atoms in total. The van der Waals surface area contributed by atoms with Gasteiger partial charge in [0.2, 0.25) is 0 Å². The zero-order valence-corrected chi connectivity index (χ0v) is 13.4. The number of esters is 2. The van der Waals surface area contributed by atoms with Crippen molar-refractivity contribution in [2.24, 2.45) is 35.0 Å². The van der Waals surface area contributed by atoms with Gasteiger partial charge in [0.25, 0.3) is 5.95 Å². The van der Waals surface area contributed by atoms with E-state index >= 15 is 0 Å². The van der Waals surface area contributed by atoms with Crippen LogP contribution in [0.5, 0.6) is 0 Å². The Bertz CT molecular complexity index is 631. The Morgan fingerprint density at radius 1 is 1.04 bits per heavy atom. The summed E-state index contributed by atoms with van der Waals surface area (Å²) in [6, 6.07) is 0. The van der Waals surface area contributed by atoms with Gasteiger partial charge in [-0.2, -0.15) is 0 Å². The van der Waals surface area contributed by atoms with E-state index in [0.29, 0.717) is 11.8 Å². The summed E-state index contributed by atoms with van der Waals surface area (Å²) < 4.78 is 10.5. The molecule has 0 aliphatic heterocycles. The smallest absolute Gasteiger partial charge is 0.320 e. The van der Waals surface area contributed by atoms with Crippen molar-refractivity contribution in [3.05, 3.63) is 36.8 Å². The van der Waals surface area contributed by atoms with E-state index < -0.39 is 5.41 Å². The summed E-state index contributed by atoms with van der Waals surface area (Å²) in [5, 5.41) is 0. The molecule has 4 heteroatoms. The lowest BCUT2D eigenvalue weighted by molar-refractivity contribution is -0.164. The quantitative estimate of drug-likeness (QED) is 0.453. The van der Waals surface area contributed by atoms with E-state index in [-0.39, 0.29) is 35.6 Å². The number of carbonyl (C=O) groups excluding carboxylic acids is 2. The monoisotopic (exact) mass is 314 g/mol. The molecule has 0 aromatic rings. The van der Waals surface area contributed by atoms with Crippen LogP contribution < -0.4 is 0 Å². The third-order valence-electron chi connectivity index (χ3n) is 6.15. The lowest BCUT2D eigenvalue weighted by atomic mass is 9.78. The van der Waals surface area contributed by atoms with Crippen LogP contribution in [-0.4, -0.2) is 11.9 Å². The number of ether oxygens (including phenoxy) is 2. The Morgan fingerprint density at radius 3 is 2.39 bits per heavy atom. The van der Waals surface area contributed by atoms with Crippen LogP contribution in [0.4, 0.5) is 0 Å². The molecule has 0 N–H and O–H groups in total. The van der Waals surface area contributed by atoms with Crippen molar-refractivity contribution in [3.63, 3.8) is 0 Å². The van der Waals surface area contributed by atoms with E-state index in [1.807, 2.05) is 6.92 Å². The second kappa shape index (κ2) is 5.08. The third-order valence-corrected chi connectivity index (χ3v) is 6.15. The van der Waals surface area contributed by atoms with Crippen LogP contribution in [0.15, 0.2) is 36.8 Å². The van der Waals surface area contributed by atoms with Crippen molar-refractivity contribution in [1.82, 2.24) is 0 Å². The van der Waals surface area contributed by atoms with Crippen molar-refractivity contribution < 1.29 is 19.1 Å². The average molecular weight is 314 g/mol. The van der Waals surface area contributed by atoms with Crippen LogP contribution in [-0.2, 0) is 19.1 Å². The van der Waals surface area contributed by atoms with Crippen LogP contribution in [0.25, 0.3) is 0 Å². The molecular formula is C19H22O4. The standard InChI is InChI=1S/C19H22O4/c1-11(22-17(20)16-9-12-3-5-14(16)7-12)23-18(21)19(2)10-13-4-6-15(19)8-13/h3-6,12-16H,1,7-10H2,2H3. The molecule has 4 rings (SSSR count). The van der Waals surface area contributed by atoms with Gasteiger partial charge in [-0.1, -0.05) is 24.3 Å². The molecule has 0 heterocycles. The molecule has 122 valence electrons. The van der Waals surface area contributed by atoms with Gasteiger partial charge in [-0.15, -0.1) is 0 Å². The summed E-state index contributed by atoms with van der Waals surface area (Å²) in [4.78, 5) is 24.7. The number of hydrogen-bond acceptors (Lipinski definition) is 4. The fourth-order valence-electron chi connectivity index (χ4n) is 4.81. The van der Waals surface area contributed by atoms with E-state index in [2.05, 4.69) is 30.9 Å². The Balaban J connectivity index is 1.33. The molecule has 23 heavy (non-hydrogen) atoms. The molecule has 0 amide bonds. The number of fused-ring (bicyclic) bond motifs is 4. The highest BCUT2D eigenvalue weighted by Gasteiger charge is 2.51. The maximum Gasteiger partial charge on any atom is 0.320 e. The molecular weight excluding hydrogens is 292 g/mol. The molecule has 2 saturated carbocycles. The van der Waals surface area contributed by atoms with Crippen LogP contribution in [0, 0.1) is 35.0 Å². The first-order chi connectivity index (χ1) is 11.0. The summed E-state index contributed by atoms with van der Waals surface area (Å²) in [5.41, 5.74) is -0.524. The van der Waals surface area contributed by atoms with Gasteiger partial charge in [0.15, 0.2) is 0 Å². The van der Waals surface area contributed by atoms with Crippen LogP contribution in [0.2, 0.25) is 0 Å². The zero-order valence-electron chi connectivity index (χ0n) is 13.4. The highest BCUT2D eigenvalue weighted by molar-refractivity contribution is 5.80. The predicted octanol–water partition coefficient (Wildman–Crippen LogP) is 3.36. The Kier molecular flexibility index (Phi) is 3.26. The van der Waals surface area contributed by atoms with Crippen molar-refractivity contribution >= 4 is 11.9 Å². The van der Waals surface area contributed by atoms with Crippen LogP contribution in [0.3, 0.4) is 0 Å². The maximum absolute atomic E-state index is 12.5. The van der Waals surface area contributed by atoms with Gasteiger partial charge in [0.1, 0.15) is 0 Å². The first-order valence-electron chi connectivity index (χ1n) is 8.45. The van der Waals surface area contributed by atoms with Crippen molar-refractivity contribution in [2.45, 2.75) is 32.6 Å². The van der Waals surface area contributed by atoms with Crippen LogP contribution >= 0.6 is 0 Å². The molecule has 6 atom stereocenters. The first-order valence-corrected chi connectivity index (χ1v) is 8.45. The summed E-state index contributed by atoms with van der Waals surface area (Å²) in [7, 11) is 0. The molecule has 0 saturated heterocycles. The van der Waals surface area contributed by atoms with Gasteiger partial charge in [0, 0.05) is 0 Å². The minimum atomic E-state index is -0.524. The maximum atomic E-state index is 12.5. The molecule has 4 bridgehead atoms. The van der Waals surface area contributed by atoms with E-state index in [4.69, 9.17) is 9.47 Å². The van der Waals surface area contributed by atoms with Crippen molar-refractivity contribution in [3.8, 4) is 0 Å². The topological polar surface area (TPSA) is 52.6 Å². The fraction of sp³-hybridized carbons (Fsp3) is 0.579. The molecule has 4 aliphatic rings. The molecule has 0 aromatic carbocycles. The minimum Gasteiger partial charge on any atom is -0.393 e. The van der Waals surface area contributed by atoms with Crippen LogP contribution in [0.1, 0.15) is 32.6 Å². The van der Waals surface area contributed by atoms with Crippen molar-refractivity contribution in [1.29, 1.82) is 0 Å². The van der Waals surface area contributed by atoms with Gasteiger partial charge in [-0.05, 0) is 62.9 Å². The summed E-state index contributed by atoms with van der Waals surface area (Å²) in [6.07, 6.45) is 12.2. The first kappa shape index (κ1) is 14.7. The number of allylic oxidation sites excluding steroid dienone is 4. The van der Waals surface area contributed by atoms with E-state index in [1.165, 1.54) is 0 Å². The average Bonchev–Trinajstić information content (AvgIpc) is 3.26. The molecule has 0 spiro atoms. The molecule has 4 aliphatic carbocycles. The normalized spacial score (nSPS) is 42.2. The molecule has 6 unspecified atom stereocenters. The second-order valence-electron chi connectivity index (χ2n) is 7.68. The molecule has 2 fully saturated rings. The van der Waals surface area contributed by atoms with Gasteiger partial charge in [0.05, 0.1) is 11.3 Å². The van der Waals surface area contributed by atoms with E-state index in [0.717, 1.165) is 25.7 Å². The van der Waals surface area contributed by atoms with Crippen molar-refractivity contribution in [2.75, 3.05) is 0 Å². The highest BCUT2D eigenvalue weighted by Crippen LogP contribution is 2.52. The largest absolute Gasteiger partial charge is 0.393 e. The summed E-state index contributed by atoms with van der Waals surface area (Å²) in [6.45, 7) is 5.54. The second-order valence-corrected chi connectivity index (χ2v) is 7.68. The van der Waals surface area contributed by atoms with E-state index in [1.54, 1.807) is 0 Å². The Morgan fingerprint density at radius 2 is 1.83 bits per heavy atom. The molecule has 0 radical (unpaired) electrons. The SMILES string of the molecule is C=C(OC(=O)C1CC2C=CC1C2)OC(=O)C1(C)CC2C=CC1C2. The van der Waals surface area contributed by atoms with Gasteiger partial charge in [-0.25, -0.2) is 0 Å². The number of rotatable bonds is 4. The highest BCUT2D eigenvalue weighted by atomic mass is 16.7. The Labute approximate surface area is 136 Å². The number of carbonyl (C=O) groups is 2. The Hall–Kier alpha value is -1.84. The van der Waals surface area contributed by atoms with Gasteiger partial charge in [-0.3, -0.25) is 9.59 Å². The lowest BCUT2D eigenvalue weighted by Crippen LogP contribution is -2.34. The third kappa shape index (κ3) is 2.35. The fourth-order valence-corrected chi connectivity index (χ4v) is 4.81.